The van der Waals surface area contributed by atoms with Crippen molar-refractivity contribution in [3.63, 3.8) is 0 Å². The van der Waals surface area contributed by atoms with Crippen LogP contribution in [0.3, 0.4) is 0 Å². The molecule has 2 heterocycles. The van der Waals surface area contributed by atoms with E-state index in [1.54, 1.807) is 0 Å². The molecule has 1 saturated heterocycles. The van der Waals surface area contributed by atoms with E-state index in [1.807, 2.05) is 35.1 Å². The number of aromatic nitrogens is 2. The summed E-state index contributed by atoms with van der Waals surface area (Å²) in [6.07, 6.45) is 1.98. The van der Waals surface area contributed by atoms with Crippen molar-refractivity contribution < 1.29 is 0 Å². The Kier molecular flexibility index (Phi) is 4.17. The molecule has 1 aromatic heterocycles. The number of piperazine rings is 1. The quantitative estimate of drug-likeness (QED) is 0.946. The van der Waals surface area contributed by atoms with Crippen molar-refractivity contribution in [3.05, 3.63) is 41.2 Å². The number of para-hydroxylation sites is 1. The molecule has 0 amide bonds. The van der Waals surface area contributed by atoms with Crippen molar-refractivity contribution in [2.45, 2.75) is 19.8 Å². The summed E-state index contributed by atoms with van der Waals surface area (Å²) < 4.78 is 1.99. The monoisotopic (exact) mass is 304 g/mol. The van der Waals surface area contributed by atoms with Crippen LogP contribution >= 0.6 is 11.6 Å². The van der Waals surface area contributed by atoms with Crippen LogP contribution in [-0.2, 0) is 0 Å². The first-order valence-electron chi connectivity index (χ1n) is 7.47. The highest BCUT2D eigenvalue weighted by Crippen LogP contribution is 2.32. The van der Waals surface area contributed by atoms with Crippen LogP contribution < -0.4 is 10.2 Å². The van der Waals surface area contributed by atoms with E-state index in [0.717, 1.165) is 36.9 Å². The molecule has 1 aliphatic rings. The third-order valence-corrected chi connectivity index (χ3v) is 4.19. The largest absolute Gasteiger partial charge is 0.366 e. The van der Waals surface area contributed by atoms with Crippen LogP contribution in [0.2, 0.25) is 5.02 Å². The van der Waals surface area contributed by atoms with E-state index >= 15 is 0 Å². The van der Waals surface area contributed by atoms with Crippen LogP contribution in [0.5, 0.6) is 0 Å². The Morgan fingerprint density at radius 1 is 1.14 bits per heavy atom. The smallest absolute Gasteiger partial charge is 0.0835 e. The fraction of sp³-hybridized carbons (Fsp3) is 0.438. The highest BCUT2D eigenvalue weighted by Gasteiger charge is 2.22. The number of hydrogen-bond acceptors (Lipinski definition) is 3. The summed E-state index contributed by atoms with van der Waals surface area (Å²) in [4.78, 5) is 2.41. The lowest BCUT2D eigenvalue weighted by Gasteiger charge is -2.30. The van der Waals surface area contributed by atoms with E-state index < -0.39 is 0 Å². The zero-order chi connectivity index (χ0) is 14.8. The number of anilines is 1. The average Bonchev–Trinajstić information content (AvgIpc) is 2.93. The second-order valence-electron chi connectivity index (χ2n) is 5.67. The number of nitrogens with one attached hydrogen (secondary N) is 1. The van der Waals surface area contributed by atoms with Gasteiger partial charge in [-0.15, -0.1) is 0 Å². The molecule has 0 saturated carbocycles. The molecule has 1 aliphatic heterocycles. The Hall–Kier alpha value is -1.52. The number of benzene rings is 1. The van der Waals surface area contributed by atoms with Gasteiger partial charge in [0.1, 0.15) is 0 Å². The summed E-state index contributed by atoms with van der Waals surface area (Å²) in [5, 5.41) is 8.74. The lowest BCUT2D eigenvalue weighted by Crippen LogP contribution is -2.43. The molecule has 0 aliphatic carbocycles. The lowest BCUT2D eigenvalue weighted by atomic mass is 10.1. The summed E-state index contributed by atoms with van der Waals surface area (Å²) in [5.41, 5.74) is 3.40. The van der Waals surface area contributed by atoms with Crippen molar-refractivity contribution in [2.24, 2.45) is 0 Å². The maximum absolute atomic E-state index is 6.35. The fourth-order valence-electron chi connectivity index (χ4n) is 2.85. The third-order valence-electron chi connectivity index (χ3n) is 3.87. The van der Waals surface area contributed by atoms with Crippen LogP contribution in [0.15, 0.2) is 30.5 Å². The lowest BCUT2D eigenvalue weighted by molar-refractivity contribution is 0.585. The number of halogens is 1. The van der Waals surface area contributed by atoms with E-state index in [1.165, 1.54) is 11.4 Å². The Morgan fingerprint density at radius 3 is 2.52 bits per heavy atom. The summed E-state index contributed by atoms with van der Waals surface area (Å²) in [6.45, 7) is 8.50. The molecular weight excluding hydrogens is 284 g/mol. The Balaban J connectivity index is 2.06. The van der Waals surface area contributed by atoms with Crippen molar-refractivity contribution >= 4 is 17.3 Å². The Labute approximate surface area is 130 Å². The van der Waals surface area contributed by atoms with Gasteiger partial charge in [-0.1, -0.05) is 37.6 Å². The van der Waals surface area contributed by atoms with Gasteiger partial charge in [-0.25, -0.2) is 4.68 Å². The van der Waals surface area contributed by atoms with Crippen LogP contribution in [0.25, 0.3) is 5.69 Å². The first kappa shape index (κ1) is 14.4. The van der Waals surface area contributed by atoms with E-state index in [9.17, 15) is 0 Å². The summed E-state index contributed by atoms with van der Waals surface area (Å²) in [5.74, 6) is 0.383. The van der Waals surface area contributed by atoms with Gasteiger partial charge in [-0.05, 0) is 18.1 Å². The molecule has 5 heteroatoms. The maximum atomic E-state index is 6.35. The zero-order valence-electron chi connectivity index (χ0n) is 12.5. The molecule has 2 aromatic rings. The fourth-order valence-corrected chi connectivity index (χ4v) is 3.07. The van der Waals surface area contributed by atoms with Crippen molar-refractivity contribution in [3.8, 4) is 5.69 Å². The molecule has 0 radical (unpaired) electrons. The normalized spacial score (nSPS) is 15.7. The van der Waals surface area contributed by atoms with Gasteiger partial charge < -0.3 is 10.2 Å². The molecule has 4 nitrogen and oxygen atoms in total. The second-order valence-corrected chi connectivity index (χ2v) is 6.08. The number of hydrogen-bond donors (Lipinski definition) is 1. The summed E-state index contributed by atoms with van der Waals surface area (Å²) >= 11 is 6.35. The molecule has 1 fully saturated rings. The predicted octanol–water partition coefficient (Wildman–Crippen LogP) is 3.06. The molecule has 1 aromatic carbocycles. The van der Waals surface area contributed by atoms with Crippen molar-refractivity contribution in [1.29, 1.82) is 0 Å². The zero-order valence-corrected chi connectivity index (χ0v) is 13.3. The number of rotatable bonds is 3. The van der Waals surface area contributed by atoms with Gasteiger partial charge in [-0.3, -0.25) is 0 Å². The summed E-state index contributed by atoms with van der Waals surface area (Å²) in [7, 11) is 0. The van der Waals surface area contributed by atoms with Crippen LogP contribution in [-0.4, -0.2) is 36.0 Å². The van der Waals surface area contributed by atoms with Crippen LogP contribution in [0.4, 0.5) is 5.69 Å². The average molecular weight is 305 g/mol. The van der Waals surface area contributed by atoms with Gasteiger partial charge in [0.25, 0.3) is 0 Å². The van der Waals surface area contributed by atoms with E-state index in [-0.39, 0.29) is 0 Å². The SMILES string of the molecule is CC(C)c1c(N2CCNCC2)cnn1-c1ccccc1Cl. The molecule has 1 N–H and O–H groups in total. The molecule has 112 valence electrons. The van der Waals surface area contributed by atoms with E-state index in [0.29, 0.717) is 5.92 Å². The minimum atomic E-state index is 0.383. The molecule has 0 atom stereocenters. The van der Waals surface area contributed by atoms with Gasteiger partial charge in [0.2, 0.25) is 0 Å². The van der Waals surface area contributed by atoms with Gasteiger partial charge in [0.15, 0.2) is 0 Å². The molecule has 3 rings (SSSR count). The molecule has 21 heavy (non-hydrogen) atoms. The van der Waals surface area contributed by atoms with Crippen LogP contribution in [0.1, 0.15) is 25.5 Å². The molecular formula is C16H21ClN4. The van der Waals surface area contributed by atoms with E-state index in [4.69, 9.17) is 11.6 Å². The minimum absolute atomic E-state index is 0.383. The first-order chi connectivity index (χ1) is 10.2. The van der Waals surface area contributed by atoms with E-state index in [2.05, 4.69) is 29.2 Å². The highest BCUT2D eigenvalue weighted by atomic mass is 35.5. The Bertz CT molecular complexity index is 614. The van der Waals surface area contributed by atoms with Crippen molar-refractivity contribution in [1.82, 2.24) is 15.1 Å². The third kappa shape index (κ3) is 2.78. The number of nitrogens with zero attached hydrogens (tertiary/aromatic N) is 3. The van der Waals surface area contributed by atoms with Gasteiger partial charge in [0.05, 0.1) is 28.3 Å². The van der Waals surface area contributed by atoms with Gasteiger partial charge in [-0.2, -0.15) is 5.10 Å². The highest BCUT2D eigenvalue weighted by molar-refractivity contribution is 6.32. The molecule has 0 unspecified atom stereocenters. The predicted molar refractivity (Wildman–Crippen MR) is 87.7 cm³/mol. The first-order valence-corrected chi connectivity index (χ1v) is 7.84. The summed E-state index contributed by atoms with van der Waals surface area (Å²) in [6, 6.07) is 7.87. The van der Waals surface area contributed by atoms with Crippen LogP contribution in [0, 0.1) is 0 Å². The standard InChI is InChI=1S/C16H21ClN4/c1-12(2)16-15(20-9-7-18-8-10-20)11-19-21(16)14-6-4-3-5-13(14)17/h3-6,11-12,18H,7-10H2,1-2H3. The van der Waals surface area contributed by atoms with Gasteiger partial charge >= 0.3 is 0 Å². The van der Waals surface area contributed by atoms with Crippen molar-refractivity contribution in [2.75, 3.05) is 31.1 Å². The Morgan fingerprint density at radius 2 is 1.86 bits per heavy atom. The minimum Gasteiger partial charge on any atom is -0.366 e. The molecule has 0 spiro atoms. The second kappa shape index (κ2) is 6.08. The maximum Gasteiger partial charge on any atom is 0.0835 e. The molecule has 0 bridgehead atoms. The topological polar surface area (TPSA) is 33.1 Å². The van der Waals surface area contributed by atoms with Gasteiger partial charge in [0, 0.05) is 26.2 Å².